The second kappa shape index (κ2) is 9.05. The van der Waals surface area contributed by atoms with Gasteiger partial charge in [0.2, 0.25) is 0 Å². The third-order valence-corrected chi connectivity index (χ3v) is 11.4. The predicted octanol–water partition coefficient (Wildman–Crippen LogP) is 6.36. The van der Waals surface area contributed by atoms with E-state index in [2.05, 4.69) is 53.7 Å². The lowest BCUT2D eigenvalue weighted by Gasteiger charge is -2.63. The van der Waals surface area contributed by atoms with Crippen molar-refractivity contribution in [2.75, 3.05) is 0 Å². The summed E-state index contributed by atoms with van der Waals surface area (Å²) in [6, 6.07) is 0. The fourth-order valence-electron chi connectivity index (χ4n) is 8.95. The number of esters is 1. The number of carbonyl (C=O) groups is 2. The van der Waals surface area contributed by atoms with E-state index in [4.69, 9.17) is 4.74 Å². The van der Waals surface area contributed by atoms with Gasteiger partial charge in [0.25, 0.3) is 0 Å². The summed E-state index contributed by atoms with van der Waals surface area (Å²) in [6.07, 6.45) is 11.5. The third-order valence-electron chi connectivity index (χ3n) is 11.4. The maximum Gasteiger partial charge on any atom is 0.302 e. The van der Waals surface area contributed by atoms with Crippen LogP contribution in [0.15, 0.2) is 12.2 Å². The van der Waals surface area contributed by atoms with Crippen LogP contribution in [0.4, 0.5) is 0 Å². The summed E-state index contributed by atoms with van der Waals surface area (Å²) in [6.45, 7) is 15.4. The van der Waals surface area contributed by atoms with E-state index >= 15 is 0 Å². The van der Waals surface area contributed by atoms with Gasteiger partial charge in [0.1, 0.15) is 11.7 Å². The van der Waals surface area contributed by atoms with Gasteiger partial charge in [0, 0.05) is 25.2 Å². The molecule has 1 N–H and O–H groups in total. The van der Waals surface area contributed by atoms with E-state index in [1.165, 1.54) is 26.2 Å². The molecule has 4 heteroatoms. The summed E-state index contributed by atoms with van der Waals surface area (Å²) >= 11 is 0. The van der Waals surface area contributed by atoms with Crippen LogP contribution < -0.4 is 0 Å². The van der Waals surface area contributed by atoms with Crippen LogP contribution in [-0.2, 0) is 14.3 Å². The quantitative estimate of drug-likeness (QED) is 0.374. The Hall–Kier alpha value is -1.16. The number of carbonyl (C=O) groups excluding carboxylic acids is 2. The number of Topliss-reactive ketones (excluding diaryl/α,β-unsaturated/α-hetero) is 1. The van der Waals surface area contributed by atoms with Crippen molar-refractivity contribution in [2.45, 2.75) is 112 Å². The van der Waals surface area contributed by atoms with Crippen LogP contribution in [0.3, 0.4) is 0 Å². The Labute approximate surface area is 207 Å². The van der Waals surface area contributed by atoms with Crippen LogP contribution >= 0.6 is 0 Å². The average molecular weight is 473 g/mol. The van der Waals surface area contributed by atoms with E-state index in [0.717, 1.165) is 19.3 Å². The molecule has 0 heterocycles. The van der Waals surface area contributed by atoms with Gasteiger partial charge >= 0.3 is 5.97 Å². The highest BCUT2D eigenvalue weighted by molar-refractivity contribution is 5.89. The lowest BCUT2D eigenvalue weighted by atomic mass is 9.42. The standard InChI is InChI=1S/C30H48O4/c1-18(2)19(3)8-9-20(4)24-10-11-25-23-16-27(32)30(33)17-22(34-21(5)31)12-15-29(30,7)26(23)13-14-28(24,25)6/h8-9,18-20,22-26,33H,10-17H2,1-7H3/b9-8+/t19-,20-,22+,23-,24+,25-,26-,28-,29-,30+/m1/s1. The molecule has 0 aromatic heterocycles. The van der Waals surface area contributed by atoms with E-state index in [-0.39, 0.29) is 29.7 Å². The minimum absolute atomic E-state index is 0.000459. The SMILES string of the molecule is CC(=O)O[C@H]1CC[C@]2(C)[C@@H]3CC[C@@]4(C)[C@H](CC[C@H]4[C@H](C)/C=C/[C@@H](C)C(C)C)[C@H]3CC(=O)[C@@]2(O)C1. The molecule has 0 aliphatic heterocycles. The zero-order valence-electron chi connectivity index (χ0n) is 22.6. The monoisotopic (exact) mass is 472 g/mol. The third kappa shape index (κ3) is 4.00. The van der Waals surface area contributed by atoms with Crippen LogP contribution in [-0.4, -0.2) is 28.6 Å². The van der Waals surface area contributed by atoms with Crippen LogP contribution in [0, 0.1) is 52.3 Å². The van der Waals surface area contributed by atoms with Crippen LogP contribution in [0.1, 0.15) is 99.8 Å². The largest absolute Gasteiger partial charge is 0.462 e. The summed E-state index contributed by atoms with van der Waals surface area (Å²) < 4.78 is 5.46. The molecular weight excluding hydrogens is 424 g/mol. The van der Waals surface area contributed by atoms with Crippen molar-refractivity contribution >= 4 is 11.8 Å². The number of allylic oxidation sites excluding steroid dienone is 2. The van der Waals surface area contributed by atoms with E-state index < -0.39 is 11.0 Å². The Kier molecular flexibility index (Phi) is 6.90. The summed E-state index contributed by atoms with van der Waals surface area (Å²) in [5.74, 6) is 3.46. The number of rotatable bonds is 5. The maximum absolute atomic E-state index is 13.6. The van der Waals surface area contributed by atoms with E-state index in [9.17, 15) is 14.7 Å². The van der Waals surface area contributed by atoms with Gasteiger partial charge in [-0.2, -0.15) is 0 Å². The Balaban J connectivity index is 1.55. The molecule has 4 nitrogen and oxygen atoms in total. The lowest BCUT2D eigenvalue weighted by Crippen LogP contribution is -2.67. The van der Waals surface area contributed by atoms with Crippen molar-refractivity contribution in [2.24, 2.45) is 52.3 Å². The van der Waals surface area contributed by atoms with E-state index in [1.807, 2.05) is 0 Å². The van der Waals surface area contributed by atoms with Gasteiger partial charge in [-0.3, -0.25) is 9.59 Å². The Morgan fingerprint density at radius 1 is 1.03 bits per heavy atom. The summed E-state index contributed by atoms with van der Waals surface area (Å²) in [4.78, 5) is 25.1. The van der Waals surface area contributed by atoms with Crippen LogP contribution in [0.5, 0.6) is 0 Å². The molecule has 4 rings (SSSR count). The first kappa shape index (κ1) is 25.9. The van der Waals surface area contributed by atoms with E-state index in [0.29, 0.717) is 47.8 Å². The molecule has 192 valence electrons. The number of hydrogen-bond donors (Lipinski definition) is 1. The second-order valence-corrected chi connectivity index (χ2v) is 13.3. The number of ketones is 1. The number of ether oxygens (including phenoxy) is 1. The lowest BCUT2D eigenvalue weighted by molar-refractivity contribution is -0.217. The van der Waals surface area contributed by atoms with Gasteiger partial charge in [0.05, 0.1) is 0 Å². The normalized spacial score (nSPS) is 46.0. The molecule has 0 aromatic carbocycles. The second-order valence-electron chi connectivity index (χ2n) is 13.3. The zero-order chi connectivity index (χ0) is 25.1. The molecule has 0 amide bonds. The van der Waals surface area contributed by atoms with Gasteiger partial charge in [-0.25, -0.2) is 0 Å². The molecule has 4 saturated carbocycles. The predicted molar refractivity (Wildman–Crippen MR) is 135 cm³/mol. The van der Waals surface area contributed by atoms with Gasteiger partial charge in [-0.1, -0.05) is 53.7 Å². The molecule has 34 heavy (non-hydrogen) atoms. The molecular formula is C30H48O4. The van der Waals surface area contributed by atoms with Gasteiger partial charge in [0.15, 0.2) is 5.78 Å². The molecule has 0 spiro atoms. The first-order valence-electron chi connectivity index (χ1n) is 13.9. The maximum atomic E-state index is 13.6. The molecule has 0 radical (unpaired) electrons. The van der Waals surface area contributed by atoms with Crippen LogP contribution in [0.25, 0.3) is 0 Å². The van der Waals surface area contributed by atoms with Crippen molar-refractivity contribution in [1.82, 2.24) is 0 Å². The average Bonchev–Trinajstić information content (AvgIpc) is 3.11. The van der Waals surface area contributed by atoms with Crippen molar-refractivity contribution in [3.63, 3.8) is 0 Å². The minimum Gasteiger partial charge on any atom is -0.462 e. The first-order valence-corrected chi connectivity index (χ1v) is 13.9. The topological polar surface area (TPSA) is 63.6 Å². The molecule has 0 saturated heterocycles. The molecule has 4 fully saturated rings. The molecule has 4 aliphatic rings. The molecule has 0 unspecified atom stereocenters. The van der Waals surface area contributed by atoms with Gasteiger partial charge in [-0.05, 0) is 85.4 Å². The fraction of sp³-hybridized carbons (Fsp3) is 0.867. The summed E-state index contributed by atoms with van der Waals surface area (Å²) in [5.41, 5.74) is -1.50. The summed E-state index contributed by atoms with van der Waals surface area (Å²) in [5, 5.41) is 11.8. The number of fused-ring (bicyclic) bond motifs is 5. The van der Waals surface area contributed by atoms with Crippen molar-refractivity contribution in [3.05, 3.63) is 12.2 Å². The minimum atomic E-state index is -1.36. The van der Waals surface area contributed by atoms with E-state index in [1.54, 1.807) is 0 Å². The van der Waals surface area contributed by atoms with Crippen molar-refractivity contribution in [1.29, 1.82) is 0 Å². The fourth-order valence-corrected chi connectivity index (χ4v) is 8.95. The Bertz CT molecular complexity index is 832. The molecule has 10 atom stereocenters. The Morgan fingerprint density at radius 2 is 1.74 bits per heavy atom. The zero-order valence-corrected chi connectivity index (χ0v) is 22.6. The smallest absolute Gasteiger partial charge is 0.302 e. The molecule has 0 aromatic rings. The van der Waals surface area contributed by atoms with Crippen molar-refractivity contribution < 1.29 is 19.4 Å². The van der Waals surface area contributed by atoms with Gasteiger partial charge in [-0.15, -0.1) is 0 Å². The molecule has 0 bridgehead atoms. The molecule has 4 aliphatic carbocycles. The number of hydrogen-bond acceptors (Lipinski definition) is 4. The first-order chi connectivity index (χ1) is 15.8. The highest BCUT2D eigenvalue weighted by Crippen LogP contribution is 2.68. The highest BCUT2D eigenvalue weighted by atomic mass is 16.5. The Morgan fingerprint density at radius 3 is 2.38 bits per heavy atom. The van der Waals surface area contributed by atoms with Crippen molar-refractivity contribution in [3.8, 4) is 0 Å². The number of aliphatic hydroxyl groups is 1. The highest BCUT2D eigenvalue weighted by Gasteiger charge is 2.68. The van der Waals surface area contributed by atoms with Crippen LogP contribution in [0.2, 0.25) is 0 Å². The summed E-state index contributed by atoms with van der Waals surface area (Å²) in [7, 11) is 0. The van der Waals surface area contributed by atoms with Gasteiger partial charge < -0.3 is 9.84 Å².